The highest BCUT2D eigenvalue weighted by Crippen LogP contribution is 2.42. The molecule has 4 rings (SSSR count). The van der Waals surface area contributed by atoms with Gasteiger partial charge in [0.2, 0.25) is 11.8 Å². The third-order valence-electron chi connectivity index (χ3n) is 7.01. The molecular weight excluding hydrogens is 340 g/mol. The fourth-order valence-electron chi connectivity index (χ4n) is 5.35. The van der Waals surface area contributed by atoms with Crippen molar-refractivity contribution in [3.05, 3.63) is 18.0 Å². The van der Waals surface area contributed by atoms with E-state index in [4.69, 9.17) is 0 Å². The smallest absolute Gasteiger partial charge is 0.230 e. The van der Waals surface area contributed by atoms with E-state index in [1.54, 1.807) is 6.20 Å². The van der Waals surface area contributed by atoms with Crippen LogP contribution in [0.1, 0.15) is 63.5 Å². The summed E-state index contributed by atoms with van der Waals surface area (Å²) in [6, 6.07) is 2.41. The highest BCUT2D eigenvalue weighted by Gasteiger charge is 2.50. The summed E-state index contributed by atoms with van der Waals surface area (Å²) in [6.45, 7) is 2.27. The normalized spacial score (nSPS) is 26.9. The van der Waals surface area contributed by atoms with Crippen LogP contribution >= 0.6 is 0 Å². The first-order valence-corrected chi connectivity index (χ1v) is 10.6. The van der Waals surface area contributed by atoms with Crippen LogP contribution in [0.15, 0.2) is 12.3 Å². The van der Waals surface area contributed by atoms with E-state index in [1.165, 1.54) is 19.3 Å². The molecule has 1 atom stereocenters. The molecule has 0 radical (unpaired) electrons. The standard InChI is InChI=1S/C21H32N4O2/c1-23-17(10-13-22-23)8-9-19(26)24-15-12-21(16-24)11-5-14-25(20(21)27)18-6-3-2-4-7-18/h10,13,18H,2-9,11-12,14-16H2,1H3/t21-/m0/s1. The van der Waals surface area contributed by atoms with Crippen molar-refractivity contribution < 1.29 is 9.59 Å². The molecule has 0 N–H and O–H groups in total. The van der Waals surface area contributed by atoms with E-state index >= 15 is 0 Å². The van der Waals surface area contributed by atoms with Crippen molar-refractivity contribution in [1.82, 2.24) is 19.6 Å². The highest BCUT2D eigenvalue weighted by atomic mass is 16.2. The van der Waals surface area contributed by atoms with Gasteiger partial charge in [-0.3, -0.25) is 14.3 Å². The van der Waals surface area contributed by atoms with Gasteiger partial charge >= 0.3 is 0 Å². The molecule has 27 heavy (non-hydrogen) atoms. The van der Waals surface area contributed by atoms with Crippen LogP contribution in [0.2, 0.25) is 0 Å². The number of carbonyl (C=O) groups is 2. The Hall–Kier alpha value is -1.85. The van der Waals surface area contributed by atoms with Gasteiger partial charge in [-0.2, -0.15) is 5.10 Å². The van der Waals surface area contributed by atoms with Crippen LogP contribution in [0.25, 0.3) is 0 Å². The van der Waals surface area contributed by atoms with E-state index in [0.717, 1.165) is 50.9 Å². The van der Waals surface area contributed by atoms with Crippen LogP contribution in [-0.4, -0.2) is 57.1 Å². The first kappa shape index (κ1) is 18.5. The SMILES string of the molecule is Cn1nccc1CCC(=O)N1CC[C@@]2(CCCN(C3CCCCC3)C2=O)C1. The molecule has 3 heterocycles. The maximum atomic E-state index is 13.4. The maximum Gasteiger partial charge on any atom is 0.230 e. The van der Waals surface area contributed by atoms with Gasteiger partial charge in [-0.05, 0) is 44.6 Å². The summed E-state index contributed by atoms with van der Waals surface area (Å²) in [4.78, 5) is 30.3. The minimum atomic E-state index is -0.308. The summed E-state index contributed by atoms with van der Waals surface area (Å²) in [5.74, 6) is 0.512. The fraction of sp³-hybridized carbons (Fsp3) is 0.762. The molecule has 6 nitrogen and oxygen atoms in total. The van der Waals surface area contributed by atoms with Crippen LogP contribution in [0, 0.1) is 5.41 Å². The van der Waals surface area contributed by atoms with Crippen molar-refractivity contribution in [1.29, 1.82) is 0 Å². The summed E-state index contributed by atoms with van der Waals surface area (Å²) in [6.07, 6.45) is 12.0. The Bertz CT molecular complexity index is 694. The summed E-state index contributed by atoms with van der Waals surface area (Å²) in [7, 11) is 1.91. The number of likely N-dealkylation sites (tertiary alicyclic amines) is 2. The predicted molar refractivity (Wildman–Crippen MR) is 103 cm³/mol. The van der Waals surface area contributed by atoms with Gasteiger partial charge in [0.25, 0.3) is 0 Å². The Morgan fingerprint density at radius 2 is 2.00 bits per heavy atom. The molecule has 0 bridgehead atoms. The van der Waals surface area contributed by atoms with E-state index in [9.17, 15) is 9.59 Å². The molecule has 3 fully saturated rings. The number of aryl methyl sites for hydroxylation is 2. The van der Waals surface area contributed by atoms with E-state index in [0.29, 0.717) is 31.3 Å². The second kappa shape index (κ2) is 7.64. The van der Waals surface area contributed by atoms with Gasteiger partial charge in [-0.1, -0.05) is 19.3 Å². The number of rotatable bonds is 4. The lowest BCUT2D eigenvalue weighted by Gasteiger charge is -2.44. The average molecular weight is 373 g/mol. The van der Waals surface area contributed by atoms with E-state index in [2.05, 4.69) is 10.00 Å². The minimum absolute atomic E-state index is 0.177. The zero-order chi connectivity index (χ0) is 18.9. The summed E-state index contributed by atoms with van der Waals surface area (Å²) < 4.78 is 1.82. The van der Waals surface area contributed by atoms with Crippen LogP contribution in [0.5, 0.6) is 0 Å². The Morgan fingerprint density at radius 1 is 1.19 bits per heavy atom. The number of carbonyl (C=O) groups excluding carboxylic acids is 2. The van der Waals surface area contributed by atoms with Gasteiger partial charge in [0.05, 0.1) is 5.41 Å². The number of amides is 2. The molecule has 2 saturated heterocycles. The minimum Gasteiger partial charge on any atom is -0.342 e. The molecule has 1 saturated carbocycles. The zero-order valence-electron chi connectivity index (χ0n) is 16.5. The van der Waals surface area contributed by atoms with Crippen molar-refractivity contribution >= 4 is 11.8 Å². The highest BCUT2D eigenvalue weighted by molar-refractivity contribution is 5.86. The van der Waals surface area contributed by atoms with Crippen LogP contribution in [0.3, 0.4) is 0 Å². The van der Waals surface area contributed by atoms with Crippen molar-refractivity contribution in [2.75, 3.05) is 19.6 Å². The molecule has 2 aliphatic heterocycles. The van der Waals surface area contributed by atoms with Gasteiger partial charge in [-0.25, -0.2) is 0 Å². The lowest BCUT2D eigenvalue weighted by molar-refractivity contribution is -0.149. The lowest BCUT2D eigenvalue weighted by atomic mass is 9.77. The third-order valence-corrected chi connectivity index (χ3v) is 7.01. The molecule has 1 aromatic rings. The van der Waals surface area contributed by atoms with E-state index in [-0.39, 0.29) is 11.3 Å². The zero-order valence-corrected chi connectivity index (χ0v) is 16.5. The molecule has 1 aromatic heterocycles. The fourth-order valence-corrected chi connectivity index (χ4v) is 5.35. The van der Waals surface area contributed by atoms with Gasteiger partial charge < -0.3 is 9.80 Å². The Balaban J connectivity index is 1.37. The average Bonchev–Trinajstić information content (AvgIpc) is 3.30. The van der Waals surface area contributed by atoms with Crippen molar-refractivity contribution in [2.45, 2.75) is 70.3 Å². The second-order valence-corrected chi connectivity index (χ2v) is 8.69. The predicted octanol–water partition coefficient (Wildman–Crippen LogP) is 2.53. The van der Waals surface area contributed by atoms with Crippen molar-refractivity contribution in [3.63, 3.8) is 0 Å². The van der Waals surface area contributed by atoms with Crippen molar-refractivity contribution in [2.24, 2.45) is 12.5 Å². The molecule has 0 aromatic carbocycles. The Labute approximate surface area is 161 Å². The lowest BCUT2D eigenvalue weighted by Crippen LogP contribution is -2.54. The van der Waals surface area contributed by atoms with Gasteiger partial charge in [0, 0.05) is 51.0 Å². The first-order valence-electron chi connectivity index (χ1n) is 10.6. The monoisotopic (exact) mass is 372 g/mol. The number of hydrogen-bond acceptors (Lipinski definition) is 3. The third kappa shape index (κ3) is 3.63. The van der Waals surface area contributed by atoms with Gasteiger partial charge in [0.1, 0.15) is 0 Å². The first-order chi connectivity index (χ1) is 13.1. The second-order valence-electron chi connectivity index (χ2n) is 8.69. The van der Waals surface area contributed by atoms with Crippen LogP contribution in [-0.2, 0) is 23.1 Å². The topological polar surface area (TPSA) is 58.4 Å². The summed E-state index contributed by atoms with van der Waals surface area (Å²) >= 11 is 0. The summed E-state index contributed by atoms with van der Waals surface area (Å²) in [5.41, 5.74) is 0.771. The van der Waals surface area contributed by atoms with Crippen LogP contribution in [0.4, 0.5) is 0 Å². The van der Waals surface area contributed by atoms with Gasteiger partial charge in [0.15, 0.2) is 0 Å². The van der Waals surface area contributed by atoms with Gasteiger partial charge in [-0.15, -0.1) is 0 Å². The van der Waals surface area contributed by atoms with Crippen LogP contribution < -0.4 is 0 Å². The number of hydrogen-bond donors (Lipinski definition) is 0. The number of nitrogens with zero attached hydrogens (tertiary/aromatic N) is 4. The molecule has 2 amide bonds. The van der Waals surface area contributed by atoms with Crippen molar-refractivity contribution in [3.8, 4) is 0 Å². The molecule has 1 aliphatic carbocycles. The molecule has 6 heteroatoms. The number of aromatic nitrogens is 2. The molecule has 148 valence electrons. The quantitative estimate of drug-likeness (QED) is 0.816. The molecular formula is C21H32N4O2. The molecule has 0 unspecified atom stereocenters. The van der Waals surface area contributed by atoms with E-state index < -0.39 is 0 Å². The molecule has 3 aliphatic rings. The Morgan fingerprint density at radius 3 is 2.74 bits per heavy atom. The maximum absolute atomic E-state index is 13.4. The van der Waals surface area contributed by atoms with E-state index in [1.807, 2.05) is 22.7 Å². The summed E-state index contributed by atoms with van der Waals surface area (Å²) in [5, 5.41) is 4.16. The number of piperidine rings is 1. The largest absolute Gasteiger partial charge is 0.342 e. The molecule has 1 spiro atoms. The Kier molecular flexibility index (Phi) is 5.24.